The number of aromatic amines is 1. The minimum absolute atomic E-state index is 0.217. The lowest BCUT2D eigenvalue weighted by molar-refractivity contribution is 0.0690. The van der Waals surface area contributed by atoms with Gasteiger partial charge < -0.3 is 5.11 Å². The first-order valence-electron chi connectivity index (χ1n) is 4.50. The summed E-state index contributed by atoms with van der Waals surface area (Å²) >= 11 is 11.7. The Kier molecular flexibility index (Phi) is 2.95. The lowest BCUT2D eigenvalue weighted by Gasteiger charge is -2.04. The molecule has 88 valence electrons. The molecule has 2 N–H and O–H groups in total. The Labute approximate surface area is 105 Å². The van der Waals surface area contributed by atoms with Gasteiger partial charge in [0.15, 0.2) is 0 Å². The van der Waals surface area contributed by atoms with Gasteiger partial charge in [0.1, 0.15) is 5.69 Å². The highest BCUT2D eigenvalue weighted by Crippen LogP contribution is 2.22. The number of halogens is 2. The molecule has 1 heterocycles. The van der Waals surface area contributed by atoms with E-state index in [0.717, 1.165) is 10.7 Å². The van der Waals surface area contributed by atoms with Gasteiger partial charge in [-0.25, -0.2) is 9.48 Å². The van der Waals surface area contributed by atoms with Gasteiger partial charge in [0, 0.05) is 11.1 Å². The third kappa shape index (κ3) is 2.20. The first-order valence-corrected chi connectivity index (χ1v) is 5.25. The molecule has 1 aromatic carbocycles. The van der Waals surface area contributed by atoms with Gasteiger partial charge in [-0.3, -0.25) is 9.89 Å². The number of carboxylic acid groups (broad SMARTS) is 1. The van der Waals surface area contributed by atoms with Crippen LogP contribution < -0.4 is 5.56 Å². The van der Waals surface area contributed by atoms with Crippen LogP contribution in [0.25, 0.3) is 5.69 Å². The van der Waals surface area contributed by atoms with Crippen LogP contribution in [0.3, 0.4) is 0 Å². The summed E-state index contributed by atoms with van der Waals surface area (Å²) in [6, 6.07) is 5.53. The summed E-state index contributed by atoms with van der Waals surface area (Å²) in [5, 5.41) is 11.9. The molecule has 0 radical (unpaired) electrons. The van der Waals surface area contributed by atoms with E-state index in [1.807, 2.05) is 0 Å². The average molecular weight is 273 g/mol. The third-order valence-electron chi connectivity index (χ3n) is 2.10. The fraction of sp³-hybridized carbons (Fsp3) is 0. The molecule has 0 saturated carbocycles. The molecule has 0 spiro atoms. The summed E-state index contributed by atoms with van der Waals surface area (Å²) in [6.45, 7) is 0. The van der Waals surface area contributed by atoms with Crippen molar-refractivity contribution in [1.82, 2.24) is 9.78 Å². The van der Waals surface area contributed by atoms with E-state index in [0.29, 0.717) is 10.7 Å². The number of H-pyrrole nitrogens is 1. The van der Waals surface area contributed by atoms with Crippen molar-refractivity contribution < 1.29 is 9.90 Å². The minimum Gasteiger partial charge on any atom is -0.477 e. The quantitative estimate of drug-likeness (QED) is 0.880. The number of hydrogen-bond acceptors (Lipinski definition) is 2. The van der Waals surface area contributed by atoms with E-state index < -0.39 is 11.5 Å². The molecule has 0 saturated heterocycles. The van der Waals surface area contributed by atoms with E-state index >= 15 is 0 Å². The molecule has 0 aliphatic rings. The normalized spacial score (nSPS) is 10.5. The van der Waals surface area contributed by atoms with Gasteiger partial charge in [-0.15, -0.1) is 0 Å². The zero-order chi connectivity index (χ0) is 12.6. The van der Waals surface area contributed by atoms with Crippen LogP contribution in [0.4, 0.5) is 0 Å². The molecule has 17 heavy (non-hydrogen) atoms. The number of hydrogen-bond donors (Lipinski definition) is 2. The first-order chi connectivity index (χ1) is 7.99. The van der Waals surface area contributed by atoms with Crippen LogP contribution in [0, 0.1) is 0 Å². The summed E-state index contributed by atoms with van der Waals surface area (Å²) in [5.41, 5.74) is -0.436. The predicted octanol–water partition coefficient (Wildman–Crippen LogP) is 2.17. The Balaban J connectivity index is 2.64. The second kappa shape index (κ2) is 4.27. The molecule has 0 aliphatic carbocycles. The minimum atomic E-state index is -1.22. The zero-order valence-electron chi connectivity index (χ0n) is 8.28. The van der Waals surface area contributed by atoms with Crippen molar-refractivity contribution in [2.24, 2.45) is 0 Å². The lowest BCUT2D eigenvalue weighted by atomic mass is 10.3. The van der Waals surface area contributed by atoms with E-state index in [4.69, 9.17) is 28.3 Å². The standard InChI is InChI=1S/C10H6Cl2N2O3/c11-5-1-2-6(12)8(3-5)14-9(15)4-7(13-14)10(16)17/h1-4,13H,(H,16,17). The van der Waals surface area contributed by atoms with Crippen molar-refractivity contribution in [2.75, 3.05) is 0 Å². The first kappa shape index (κ1) is 11.8. The number of aromatic carboxylic acids is 1. The predicted molar refractivity (Wildman–Crippen MR) is 63.4 cm³/mol. The summed E-state index contributed by atoms with van der Waals surface area (Å²) in [7, 11) is 0. The van der Waals surface area contributed by atoms with Crippen molar-refractivity contribution in [2.45, 2.75) is 0 Å². The van der Waals surface area contributed by atoms with Gasteiger partial charge in [0.25, 0.3) is 5.56 Å². The van der Waals surface area contributed by atoms with Crippen LogP contribution in [0.15, 0.2) is 29.1 Å². The van der Waals surface area contributed by atoms with Crippen molar-refractivity contribution in [3.8, 4) is 5.69 Å². The maximum absolute atomic E-state index is 11.6. The van der Waals surface area contributed by atoms with Gasteiger partial charge in [-0.2, -0.15) is 0 Å². The molecule has 0 unspecified atom stereocenters. The van der Waals surface area contributed by atoms with Crippen molar-refractivity contribution >= 4 is 29.2 Å². The topological polar surface area (TPSA) is 75.1 Å². The Bertz CT molecular complexity index is 645. The highest BCUT2D eigenvalue weighted by molar-refractivity contribution is 6.34. The van der Waals surface area contributed by atoms with Gasteiger partial charge in [-0.1, -0.05) is 23.2 Å². The van der Waals surface area contributed by atoms with E-state index in [2.05, 4.69) is 5.10 Å². The molecule has 0 amide bonds. The van der Waals surface area contributed by atoms with E-state index in [-0.39, 0.29) is 10.7 Å². The maximum atomic E-state index is 11.6. The number of carboxylic acids is 1. The SMILES string of the molecule is O=C(O)c1cc(=O)n(-c2cc(Cl)ccc2Cl)[nH]1. The lowest BCUT2D eigenvalue weighted by Crippen LogP contribution is -2.13. The molecule has 2 rings (SSSR count). The molecular formula is C10H6Cl2N2O3. The van der Waals surface area contributed by atoms with Gasteiger partial charge in [0.2, 0.25) is 0 Å². The summed E-state index contributed by atoms with van der Waals surface area (Å²) in [4.78, 5) is 22.3. The second-order valence-corrected chi connectivity index (χ2v) is 4.09. The van der Waals surface area contributed by atoms with Crippen LogP contribution in [-0.2, 0) is 0 Å². The van der Waals surface area contributed by atoms with Crippen LogP contribution in [0.2, 0.25) is 10.0 Å². The van der Waals surface area contributed by atoms with Gasteiger partial charge in [-0.05, 0) is 18.2 Å². The summed E-state index contributed by atoms with van der Waals surface area (Å²) in [6.07, 6.45) is 0. The molecule has 1 aromatic heterocycles. The van der Waals surface area contributed by atoms with Crippen LogP contribution in [-0.4, -0.2) is 20.9 Å². The molecule has 5 nitrogen and oxygen atoms in total. The molecule has 0 fully saturated rings. The molecule has 0 aliphatic heterocycles. The Morgan fingerprint density at radius 3 is 2.59 bits per heavy atom. The van der Waals surface area contributed by atoms with Crippen LogP contribution >= 0.6 is 23.2 Å². The smallest absolute Gasteiger partial charge is 0.353 e. The molecule has 0 atom stereocenters. The maximum Gasteiger partial charge on any atom is 0.353 e. The van der Waals surface area contributed by atoms with Crippen LogP contribution in [0.1, 0.15) is 10.5 Å². The fourth-order valence-electron chi connectivity index (χ4n) is 1.34. The number of nitrogens with zero attached hydrogens (tertiary/aromatic N) is 1. The van der Waals surface area contributed by atoms with Gasteiger partial charge in [0.05, 0.1) is 10.7 Å². The monoisotopic (exact) mass is 272 g/mol. The Morgan fingerprint density at radius 1 is 1.29 bits per heavy atom. The van der Waals surface area contributed by atoms with E-state index in [1.165, 1.54) is 12.1 Å². The molecule has 2 aromatic rings. The third-order valence-corrected chi connectivity index (χ3v) is 2.65. The highest BCUT2D eigenvalue weighted by atomic mass is 35.5. The van der Waals surface area contributed by atoms with Crippen LogP contribution in [0.5, 0.6) is 0 Å². The van der Waals surface area contributed by atoms with Crippen molar-refractivity contribution in [3.05, 3.63) is 50.4 Å². The number of carbonyl (C=O) groups is 1. The number of nitrogens with one attached hydrogen (secondary N) is 1. The number of aromatic nitrogens is 2. The molecule has 0 bridgehead atoms. The largest absolute Gasteiger partial charge is 0.477 e. The summed E-state index contributed by atoms with van der Waals surface area (Å²) in [5.74, 6) is -1.22. The van der Waals surface area contributed by atoms with E-state index in [1.54, 1.807) is 6.07 Å². The summed E-state index contributed by atoms with van der Waals surface area (Å²) < 4.78 is 1.03. The Morgan fingerprint density at radius 2 is 2.00 bits per heavy atom. The molecule has 7 heteroatoms. The van der Waals surface area contributed by atoms with Gasteiger partial charge >= 0.3 is 5.97 Å². The molecular weight excluding hydrogens is 267 g/mol. The second-order valence-electron chi connectivity index (χ2n) is 3.24. The highest BCUT2D eigenvalue weighted by Gasteiger charge is 2.12. The number of rotatable bonds is 2. The number of benzene rings is 1. The van der Waals surface area contributed by atoms with Crippen molar-refractivity contribution in [3.63, 3.8) is 0 Å². The average Bonchev–Trinajstić information content (AvgIpc) is 2.64. The van der Waals surface area contributed by atoms with E-state index in [9.17, 15) is 9.59 Å². The zero-order valence-corrected chi connectivity index (χ0v) is 9.79. The fourth-order valence-corrected chi connectivity index (χ4v) is 1.71. The van der Waals surface area contributed by atoms with Crippen molar-refractivity contribution in [1.29, 1.82) is 0 Å². The Hall–Kier alpha value is -1.72.